The molecule has 2 saturated carbocycles. The van der Waals surface area contributed by atoms with Crippen LogP contribution in [0, 0.1) is 17.8 Å². The number of carbonyl (C=O) groups is 4. The molecule has 1 aromatic carbocycles. The molecule has 6 atom stereocenters. The van der Waals surface area contributed by atoms with Crippen LogP contribution in [0.4, 0.5) is 0 Å². The predicted octanol–water partition coefficient (Wildman–Crippen LogP) is 2.87. The number of phenols is 1. The van der Waals surface area contributed by atoms with Gasteiger partial charge in [-0.1, -0.05) is 31.9 Å². The topological polar surface area (TPSA) is 174 Å². The summed E-state index contributed by atoms with van der Waals surface area (Å²) in [6, 6.07) is 3.51. The molecule has 6 unspecified atom stereocenters. The fourth-order valence-corrected chi connectivity index (χ4v) is 9.00. The Morgan fingerprint density at radius 1 is 1.08 bits per heavy atom. The van der Waals surface area contributed by atoms with E-state index in [0.717, 1.165) is 25.7 Å². The third-order valence-electron chi connectivity index (χ3n) is 11.4. The number of morpholine rings is 1. The molecule has 4 N–H and O–H groups in total. The first kappa shape index (κ1) is 35.4. The largest absolute Gasteiger partial charge is 0.508 e. The van der Waals surface area contributed by atoms with E-state index in [-0.39, 0.29) is 61.2 Å². The molecule has 0 radical (unpaired) electrons. The second kappa shape index (κ2) is 14.1. The van der Waals surface area contributed by atoms with Gasteiger partial charge in [0.2, 0.25) is 5.78 Å². The van der Waals surface area contributed by atoms with E-state index >= 15 is 0 Å². The normalized spacial score (nSPS) is 30.8. The number of likely N-dealkylation sites (N-methyl/N-ethyl adjacent to an activating group) is 1. The summed E-state index contributed by atoms with van der Waals surface area (Å²) in [5.41, 5.74) is -3.16. The van der Waals surface area contributed by atoms with Crippen LogP contribution in [0.25, 0.3) is 5.76 Å². The third kappa shape index (κ3) is 6.05. The summed E-state index contributed by atoms with van der Waals surface area (Å²) in [6.07, 6.45) is 3.60. The monoisotopic (exact) mass is 680 g/mol. The second-order valence-corrected chi connectivity index (χ2v) is 14.4. The van der Waals surface area contributed by atoms with E-state index in [4.69, 9.17) is 9.47 Å². The number of carbonyl (C=O) groups excluding carboxylic acids is 4. The van der Waals surface area contributed by atoms with Crippen molar-refractivity contribution in [3.05, 3.63) is 46.2 Å². The van der Waals surface area contributed by atoms with Gasteiger partial charge in [0.15, 0.2) is 17.2 Å². The van der Waals surface area contributed by atoms with E-state index in [1.54, 1.807) is 33.2 Å². The number of phenolic OH excluding ortho intramolecular Hbond substituents is 1. The van der Waals surface area contributed by atoms with Crippen LogP contribution >= 0.6 is 0 Å². The number of aromatic hydroxyl groups is 1. The van der Waals surface area contributed by atoms with Crippen molar-refractivity contribution in [1.29, 1.82) is 0 Å². The van der Waals surface area contributed by atoms with Crippen molar-refractivity contribution in [2.45, 2.75) is 75.5 Å². The van der Waals surface area contributed by atoms with Crippen molar-refractivity contribution >= 4 is 28.9 Å². The lowest BCUT2D eigenvalue weighted by molar-refractivity contribution is -0.163. The number of Topliss-reactive ketones (excluding diaryl/α,β-unsaturated/α-hetero) is 4. The van der Waals surface area contributed by atoms with Gasteiger partial charge < -0.3 is 29.9 Å². The van der Waals surface area contributed by atoms with Gasteiger partial charge in [0.25, 0.3) is 0 Å². The number of rotatable bonds is 11. The maximum absolute atomic E-state index is 14.9. The molecule has 49 heavy (non-hydrogen) atoms. The van der Waals surface area contributed by atoms with Crippen LogP contribution in [0.1, 0.15) is 68.9 Å². The highest BCUT2D eigenvalue weighted by molar-refractivity contribution is 6.25. The van der Waals surface area contributed by atoms with Crippen molar-refractivity contribution in [3.63, 3.8) is 0 Å². The summed E-state index contributed by atoms with van der Waals surface area (Å²) < 4.78 is 11.8. The van der Waals surface area contributed by atoms with Gasteiger partial charge in [-0.2, -0.15) is 0 Å². The van der Waals surface area contributed by atoms with Crippen LogP contribution in [-0.4, -0.2) is 125 Å². The average Bonchev–Trinajstić information content (AvgIpc) is 3.60. The summed E-state index contributed by atoms with van der Waals surface area (Å²) in [5, 5.41) is 47.4. The number of nitrogens with zero attached hydrogens (tertiary/aromatic N) is 2. The predicted molar refractivity (Wildman–Crippen MR) is 178 cm³/mol. The number of hydrogen-bond donors (Lipinski definition) is 4. The van der Waals surface area contributed by atoms with E-state index < -0.39 is 69.8 Å². The number of fused-ring (bicyclic) bond motifs is 3. The Bertz CT molecular complexity index is 1570. The lowest BCUT2D eigenvalue weighted by Gasteiger charge is -2.56. The first-order valence-electron chi connectivity index (χ1n) is 17.5. The molecule has 12 nitrogen and oxygen atoms in total. The van der Waals surface area contributed by atoms with Gasteiger partial charge >= 0.3 is 0 Å². The summed E-state index contributed by atoms with van der Waals surface area (Å²) in [6.45, 7) is 4.29. The van der Waals surface area contributed by atoms with Crippen molar-refractivity contribution in [2.24, 2.45) is 17.8 Å². The number of aliphatic hydroxyl groups excluding tert-OH is 2. The van der Waals surface area contributed by atoms with E-state index in [2.05, 4.69) is 0 Å². The van der Waals surface area contributed by atoms with Crippen LogP contribution in [0.2, 0.25) is 0 Å². The van der Waals surface area contributed by atoms with Crippen LogP contribution in [0.5, 0.6) is 5.75 Å². The number of ketones is 4. The molecule has 0 aromatic heterocycles. The number of benzene rings is 1. The number of hydrogen-bond acceptors (Lipinski definition) is 12. The molecule has 0 bridgehead atoms. The minimum atomic E-state index is -2.82. The van der Waals surface area contributed by atoms with Gasteiger partial charge in [0.05, 0.1) is 37.5 Å². The molecule has 1 heterocycles. The quantitative estimate of drug-likeness (QED) is 0.252. The number of aliphatic hydroxyl groups is 3. The maximum Gasteiger partial charge on any atom is 0.202 e. The van der Waals surface area contributed by atoms with Crippen molar-refractivity contribution in [1.82, 2.24) is 9.80 Å². The van der Waals surface area contributed by atoms with Gasteiger partial charge in [0.1, 0.15) is 28.6 Å². The van der Waals surface area contributed by atoms with Gasteiger partial charge in [-0.3, -0.25) is 29.0 Å². The van der Waals surface area contributed by atoms with Gasteiger partial charge in [-0.15, -0.1) is 0 Å². The Morgan fingerprint density at radius 3 is 2.43 bits per heavy atom. The van der Waals surface area contributed by atoms with E-state index in [0.29, 0.717) is 31.9 Å². The molecular weight excluding hydrogens is 632 g/mol. The first-order chi connectivity index (χ1) is 23.4. The molecule has 4 aliphatic carbocycles. The van der Waals surface area contributed by atoms with Crippen LogP contribution in [-0.2, 0) is 28.7 Å². The van der Waals surface area contributed by atoms with Crippen molar-refractivity contribution < 1.29 is 49.1 Å². The fourth-order valence-electron chi connectivity index (χ4n) is 9.00. The minimum absolute atomic E-state index is 0.0144. The Kier molecular flexibility index (Phi) is 10.2. The van der Waals surface area contributed by atoms with E-state index in [9.17, 15) is 39.6 Å². The zero-order valence-corrected chi connectivity index (χ0v) is 28.5. The molecule has 3 fully saturated rings. The van der Waals surface area contributed by atoms with Gasteiger partial charge in [-0.05, 0) is 44.5 Å². The van der Waals surface area contributed by atoms with E-state index in [1.165, 1.54) is 11.0 Å². The standard InChI is InChI=1S/C37H48N2O10/c1-4-20(40)18-23-27-24(19-49-21-8-5-6-9-21)22-10-7-11-25(41)28(22)33(43)30(27)36(46)37(47)31(23)32(38(2)3)34(44)29(35(37)45)26(42)12-13-39-14-16-48-17-15-39/h7,10-11,21,23-24,27,31-32,41,43,45,47H,4-6,8-9,12-19H2,1-3H3. The highest BCUT2D eigenvalue weighted by atomic mass is 16.5. The maximum atomic E-state index is 14.9. The SMILES string of the molecule is CCC(=O)CC1C2C(=C(O)c3c(O)cccc3C2COC2CCCC2)C(=O)C2(O)C(O)=C(C(=O)CCN3CCOCC3)C(=O)C(N(C)C)C12. The summed E-state index contributed by atoms with van der Waals surface area (Å²) in [5.74, 6) is -8.42. The second-order valence-electron chi connectivity index (χ2n) is 14.4. The Labute approximate surface area is 286 Å². The zero-order valence-electron chi connectivity index (χ0n) is 28.5. The molecule has 266 valence electrons. The fraction of sp³-hybridized carbons (Fsp3) is 0.622. The van der Waals surface area contributed by atoms with Gasteiger partial charge in [-0.25, -0.2) is 0 Å². The lowest BCUT2D eigenvalue weighted by atomic mass is 9.50. The molecule has 5 aliphatic rings. The molecular formula is C37H48N2O10. The average molecular weight is 681 g/mol. The first-order valence-corrected chi connectivity index (χ1v) is 17.5. The van der Waals surface area contributed by atoms with E-state index in [1.807, 2.05) is 4.90 Å². The highest BCUT2D eigenvalue weighted by Gasteiger charge is 2.68. The minimum Gasteiger partial charge on any atom is -0.508 e. The molecule has 6 rings (SSSR count). The van der Waals surface area contributed by atoms with Crippen molar-refractivity contribution in [2.75, 3.05) is 53.6 Å². The Morgan fingerprint density at radius 2 is 1.78 bits per heavy atom. The molecule has 1 aliphatic heterocycles. The molecule has 1 saturated heterocycles. The molecule has 0 spiro atoms. The van der Waals surface area contributed by atoms with Crippen molar-refractivity contribution in [3.8, 4) is 5.75 Å². The molecule has 12 heteroatoms. The molecule has 1 aromatic rings. The van der Waals surface area contributed by atoms with Crippen LogP contribution in [0.3, 0.4) is 0 Å². The summed E-state index contributed by atoms with van der Waals surface area (Å²) in [7, 11) is 3.20. The Balaban J connectivity index is 1.52. The molecule has 0 amide bonds. The summed E-state index contributed by atoms with van der Waals surface area (Å²) in [4.78, 5) is 59.9. The van der Waals surface area contributed by atoms with Gasteiger partial charge in [0, 0.05) is 62.2 Å². The highest BCUT2D eigenvalue weighted by Crippen LogP contribution is 2.59. The van der Waals surface area contributed by atoms with Crippen LogP contribution in [0.15, 0.2) is 35.1 Å². The lowest BCUT2D eigenvalue weighted by Crippen LogP contribution is -2.69. The zero-order chi connectivity index (χ0) is 35.2. The smallest absolute Gasteiger partial charge is 0.202 e. The van der Waals surface area contributed by atoms with Crippen LogP contribution < -0.4 is 0 Å². The Hall–Kier alpha value is -3.42. The third-order valence-corrected chi connectivity index (χ3v) is 11.4. The summed E-state index contributed by atoms with van der Waals surface area (Å²) >= 11 is 0. The number of ether oxygens (including phenoxy) is 2.